The predicted molar refractivity (Wildman–Crippen MR) is 93.4 cm³/mol. The molecule has 27 heavy (non-hydrogen) atoms. The van der Waals surface area contributed by atoms with Gasteiger partial charge in [-0.3, -0.25) is 9.59 Å². The molecule has 4 nitrogen and oxygen atoms in total. The van der Waals surface area contributed by atoms with Crippen LogP contribution in [0.15, 0.2) is 54.6 Å². The maximum Gasteiger partial charge on any atom is 0.416 e. The minimum Gasteiger partial charge on any atom is -0.370 e. The molecule has 2 aromatic rings. The standard InChI is InChI=1S/C20H19F3N2O2/c21-20(22,23)14-8-6-12(7-9-14)15-10-16(15)19(27)25-17(11-18(24)26)13-4-2-1-3-5-13/h1-9,15-17H,10-11H2,(H2,24,26)(H,25,27)/t15?,16?,17-/m1/s1. The Morgan fingerprint density at radius 3 is 2.26 bits per heavy atom. The molecule has 0 saturated heterocycles. The summed E-state index contributed by atoms with van der Waals surface area (Å²) in [6.45, 7) is 0. The SMILES string of the molecule is NC(=O)C[C@@H](NC(=O)C1CC1c1ccc(C(F)(F)F)cc1)c1ccccc1. The molecule has 2 amide bonds. The van der Waals surface area contributed by atoms with Crippen molar-refractivity contribution in [2.45, 2.75) is 31.0 Å². The van der Waals surface area contributed by atoms with Gasteiger partial charge >= 0.3 is 6.18 Å². The first-order valence-electron chi connectivity index (χ1n) is 8.56. The van der Waals surface area contributed by atoms with Crippen LogP contribution in [-0.2, 0) is 15.8 Å². The lowest BCUT2D eigenvalue weighted by Crippen LogP contribution is -2.33. The van der Waals surface area contributed by atoms with E-state index in [1.54, 1.807) is 24.3 Å². The number of carbonyl (C=O) groups is 2. The third kappa shape index (κ3) is 4.67. The van der Waals surface area contributed by atoms with Gasteiger partial charge in [-0.1, -0.05) is 42.5 Å². The summed E-state index contributed by atoms with van der Waals surface area (Å²) in [4.78, 5) is 23.9. The van der Waals surface area contributed by atoms with E-state index in [0.717, 1.165) is 17.7 Å². The first kappa shape index (κ1) is 18.9. The number of carbonyl (C=O) groups excluding carboxylic acids is 2. The Morgan fingerprint density at radius 2 is 1.70 bits per heavy atom. The largest absolute Gasteiger partial charge is 0.416 e. The minimum atomic E-state index is -4.38. The van der Waals surface area contributed by atoms with E-state index in [1.807, 2.05) is 6.07 Å². The molecule has 142 valence electrons. The Balaban J connectivity index is 1.65. The number of primary amides is 1. The van der Waals surface area contributed by atoms with Crippen LogP contribution in [0.3, 0.4) is 0 Å². The van der Waals surface area contributed by atoms with Crippen LogP contribution in [0.25, 0.3) is 0 Å². The van der Waals surface area contributed by atoms with E-state index in [-0.39, 0.29) is 24.2 Å². The molecule has 1 fully saturated rings. The van der Waals surface area contributed by atoms with Crippen molar-refractivity contribution in [3.8, 4) is 0 Å². The third-order valence-electron chi connectivity index (χ3n) is 4.72. The van der Waals surface area contributed by atoms with Gasteiger partial charge in [0.1, 0.15) is 0 Å². The van der Waals surface area contributed by atoms with E-state index in [0.29, 0.717) is 12.0 Å². The summed E-state index contributed by atoms with van der Waals surface area (Å²) in [5.74, 6) is -1.19. The van der Waals surface area contributed by atoms with Gasteiger partial charge in [-0.2, -0.15) is 13.2 Å². The van der Waals surface area contributed by atoms with E-state index < -0.39 is 23.7 Å². The van der Waals surface area contributed by atoms with Gasteiger partial charge in [0.2, 0.25) is 11.8 Å². The molecule has 7 heteroatoms. The van der Waals surface area contributed by atoms with Crippen molar-refractivity contribution in [1.82, 2.24) is 5.32 Å². The number of benzene rings is 2. The van der Waals surface area contributed by atoms with Crippen LogP contribution in [0.1, 0.15) is 41.5 Å². The summed E-state index contributed by atoms with van der Waals surface area (Å²) in [5.41, 5.74) is 6.05. The number of nitrogens with two attached hydrogens (primary N) is 1. The van der Waals surface area contributed by atoms with Crippen LogP contribution < -0.4 is 11.1 Å². The summed E-state index contributed by atoms with van der Waals surface area (Å²) >= 11 is 0. The normalized spacial score (nSPS) is 20.0. The predicted octanol–water partition coefficient (Wildman–Crippen LogP) is 3.54. The zero-order valence-corrected chi connectivity index (χ0v) is 14.4. The number of amides is 2. The van der Waals surface area contributed by atoms with E-state index >= 15 is 0 Å². The molecule has 0 spiro atoms. The van der Waals surface area contributed by atoms with E-state index in [4.69, 9.17) is 5.73 Å². The van der Waals surface area contributed by atoms with Gasteiger partial charge in [-0.15, -0.1) is 0 Å². The Morgan fingerprint density at radius 1 is 1.07 bits per heavy atom. The fraction of sp³-hybridized carbons (Fsp3) is 0.300. The van der Waals surface area contributed by atoms with Crippen LogP contribution in [0.2, 0.25) is 0 Å². The molecule has 0 aromatic heterocycles. The number of hydrogen-bond donors (Lipinski definition) is 2. The molecule has 0 radical (unpaired) electrons. The average molecular weight is 376 g/mol. The number of halogens is 3. The van der Waals surface area contributed by atoms with Gasteiger partial charge in [0.05, 0.1) is 18.0 Å². The second kappa shape index (κ2) is 7.42. The topological polar surface area (TPSA) is 72.2 Å². The molecule has 3 rings (SSSR count). The van der Waals surface area contributed by atoms with Crippen molar-refractivity contribution >= 4 is 11.8 Å². The van der Waals surface area contributed by atoms with Crippen molar-refractivity contribution in [2.24, 2.45) is 11.7 Å². The second-order valence-electron chi connectivity index (χ2n) is 6.71. The lowest BCUT2D eigenvalue weighted by Gasteiger charge is -2.18. The molecular formula is C20H19F3N2O2. The minimum absolute atomic E-state index is 0.0204. The number of rotatable bonds is 6. The molecule has 1 aliphatic rings. The van der Waals surface area contributed by atoms with Crippen molar-refractivity contribution in [2.75, 3.05) is 0 Å². The van der Waals surface area contributed by atoms with Gasteiger partial charge in [-0.25, -0.2) is 0 Å². The highest BCUT2D eigenvalue weighted by atomic mass is 19.4. The van der Waals surface area contributed by atoms with Crippen LogP contribution in [-0.4, -0.2) is 11.8 Å². The van der Waals surface area contributed by atoms with Crippen molar-refractivity contribution in [3.63, 3.8) is 0 Å². The van der Waals surface area contributed by atoms with Crippen LogP contribution >= 0.6 is 0 Å². The second-order valence-corrected chi connectivity index (χ2v) is 6.71. The summed E-state index contributed by atoms with van der Waals surface area (Å²) in [5, 5.41) is 2.84. The Labute approximate surface area is 154 Å². The van der Waals surface area contributed by atoms with Gasteiger partial charge in [-0.05, 0) is 35.6 Å². The zero-order chi connectivity index (χ0) is 19.6. The van der Waals surface area contributed by atoms with Crippen LogP contribution in [0, 0.1) is 5.92 Å². The molecule has 2 aromatic carbocycles. The molecular weight excluding hydrogens is 357 g/mol. The highest BCUT2D eigenvalue weighted by Crippen LogP contribution is 2.48. The molecule has 0 bridgehead atoms. The smallest absolute Gasteiger partial charge is 0.370 e. The quantitative estimate of drug-likeness (QED) is 0.809. The summed E-state index contributed by atoms with van der Waals surface area (Å²) in [6, 6.07) is 13.4. The van der Waals surface area contributed by atoms with Gasteiger partial charge < -0.3 is 11.1 Å². The molecule has 2 unspecified atom stereocenters. The highest BCUT2D eigenvalue weighted by Gasteiger charge is 2.44. The fourth-order valence-electron chi connectivity index (χ4n) is 3.19. The van der Waals surface area contributed by atoms with Gasteiger partial charge in [0, 0.05) is 5.92 Å². The first-order valence-corrected chi connectivity index (χ1v) is 8.56. The summed E-state index contributed by atoms with van der Waals surface area (Å²) < 4.78 is 37.9. The Bertz CT molecular complexity index is 819. The van der Waals surface area contributed by atoms with Crippen molar-refractivity contribution in [1.29, 1.82) is 0 Å². The molecule has 1 saturated carbocycles. The molecule has 3 N–H and O–H groups in total. The number of nitrogens with one attached hydrogen (secondary N) is 1. The zero-order valence-electron chi connectivity index (χ0n) is 14.4. The maximum absolute atomic E-state index is 12.6. The summed E-state index contributed by atoms with van der Waals surface area (Å²) in [6.07, 6.45) is -3.83. The molecule has 1 aliphatic carbocycles. The van der Waals surface area contributed by atoms with Crippen molar-refractivity contribution < 1.29 is 22.8 Å². The lowest BCUT2D eigenvalue weighted by atomic mass is 10.0. The van der Waals surface area contributed by atoms with E-state index in [1.165, 1.54) is 12.1 Å². The van der Waals surface area contributed by atoms with Gasteiger partial charge in [0.15, 0.2) is 0 Å². The number of hydrogen-bond acceptors (Lipinski definition) is 2. The Hall–Kier alpha value is -2.83. The summed E-state index contributed by atoms with van der Waals surface area (Å²) in [7, 11) is 0. The van der Waals surface area contributed by atoms with Crippen LogP contribution in [0.5, 0.6) is 0 Å². The van der Waals surface area contributed by atoms with E-state index in [2.05, 4.69) is 5.32 Å². The molecule has 3 atom stereocenters. The fourth-order valence-corrected chi connectivity index (χ4v) is 3.19. The van der Waals surface area contributed by atoms with Crippen LogP contribution in [0.4, 0.5) is 13.2 Å². The average Bonchev–Trinajstić information content (AvgIpc) is 3.42. The first-order chi connectivity index (χ1) is 12.8. The third-order valence-corrected chi connectivity index (χ3v) is 4.72. The Kier molecular flexibility index (Phi) is 5.21. The lowest BCUT2D eigenvalue weighted by molar-refractivity contribution is -0.137. The highest BCUT2D eigenvalue weighted by molar-refractivity contribution is 5.84. The van der Waals surface area contributed by atoms with Gasteiger partial charge in [0.25, 0.3) is 0 Å². The number of alkyl halides is 3. The van der Waals surface area contributed by atoms with E-state index in [9.17, 15) is 22.8 Å². The van der Waals surface area contributed by atoms with Crippen molar-refractivity contribution in [3.05, 3.63) is 71.3 Å². The monoisotopic (exact) mass is 376 g/mol. The molecule has 0 aliphatic heterocycles. The maximum atomic E-state index is 12.6. The molecule has 0 heterocycles.